The molecule has 0 aliphatic heterocycles. The van der Waals surface area contributed by atoms with Gasteiger partial charge in [-0.15, -0.1) is 5.10 Å². The highest BCUT2D eigenvalue weighted by Crippen LogP contribution is 2.13. The number of nitrogens with zero attached hydrogens (tertiary/aromatic N) is 5. The largest absolute Gasteiger partial charge is 0.859 e. The molecule has 0 atom stereocenters. The quantitative estimate of drug-likeness (QED) is 0.604. The van der Waals surface area contributed by atoms with E-state index in [1.165, 1.54) is 0 Å². The lowest BCUT2D eigenvalue weighted by Gasteiger charge is -2.17. The molecular weight excluding hydrogens is 302 g/mol. The fourth-order valence-corrected chi connectivity index (χ4v) is 1.91. The molecule has 0 unspecified atom stereocenters. The lowest BCUT2D eigenvalue weighted by atomic mass is 10.2. The molecule has 2 N–H and O–H groups in total. The third-order valence-electron chi connectivity index (χ3n) is 3.04. The van der Waals surface area contributed by atoms with E-state index in [1.807, 2.05) is 6.92 Å². The third-order valence-corrected chi connectivity index (χ3v) is 3.04. The van der Waals surface area contributed by atoms with Crippen LogP contribution in [0.5, 0.6) is 5.88 Å². The molecule has 3 aromatic rings. The Kier molecular flexibility index (Phi) is 3.55. The van der Waals surface area contributed by atoms with Crippen LogP contribution in [-0.4, -0.2) is 36.4 Å². The van der Waals surface area contributed by atoms with Crippen LogP contribution in [0, 0.1) is 6.92 Å². The molecule has 0 aliphatic carbocycles. The summed E-state index contributed by atoms with van der Waals surface area (Å²) in [6.45, 7) is 1.88. The Bertz CT molecular complexity index is 968. The Morgan fingerprint density at radius 1 is 1.26 bits per heavy atom. The van der Waals surface area contributed by atoms with Gasteiger partial charge >= 0.3 is 5.69 Å². The number of tetrazole rings is 1. The van der Waals surface area contributed by atoms with Crippen LogP contribution in [0.25, 0.3) is 5.69 Å². The summed E-state index contributed by atoms with van der Waals surface area (Å²) in [4.78, 5) is 29.6. The van der Waals surface area contributed by atoms with Crippen molar-refractivity contribution in [1.29, 1.82) is 0 Å². The molecule has 0 fully saturated rings. The molecule has 0 spiro atoms. The third kappa shape index (κ3) is 2.77. The number of hydrogen-bond donors (Lipinski definition) is 2. The minimum atomic E-state index is -0.837. The van der Waals surface area contributed by atoms with Crippen LogP contribution in [0.1, 0.15) is 11.1 Å². The Hall–Kier alpha value is -3.56. The molecule has 3 rings (SSSR count). The van der Waals surface area contributed by atoms with Crippen LogP contribution in [-0.2, 0) is 0 Å². The Morgan fingerprint density at radius 3 is 2.65 bits per heavy atom. The van der Waals surface area contributed by atoms with E-state index in [0.717, 1.165) is 16.3 Å². The van der Waals surface area contributed by atoms with Crippen molar-refractivity contribution in [3.63, 3.8) is 0 Å². The van der Waals surface area contributed by atoms with Gasteiger partial charge in [-0.3, -0.25) is 14.3 Å². The van der Waals surface area contributed by atoms with Gasteiger partial charge in [-0.05, 0) is 30.1 Å². The number of benzene rings is 1. The van der Waals surface area contributed by atoms with Crippen LogP contribution >= 0.6 is 0 Å². The fourth-order valence-electron chi connectivity index (χ4n) is 1.91. The highest BCUT2D eigenvalue weighted by molar-refractivity contribution is 5.83. The summed E-state index contributed by atoms with van der Waals surface area (Å²) in [6, 6.07) is 6.71. The first-order chi connectivity index (χ1) is 11.1. The summed E-state index contributed by atoms with van der Waals surface area (Å²) in [5.74, 6) is -0.827. The molecule has 23 heavy (non-hydrogen) atoms. The number of aryl methyl sites for hydroxylation is 1. The monoisotopic (exact) mass is 312 g/mol. The van der Waals surface area contributed by atoms with Crippen LogP contribution in [0.15, 0.2) is 38.8 Å². The Balaban J connectivity index is 2.15. The van der Waals surface area contributed by atoms with E-state index in [0.29, 0.717) is 5.69 Å². The fraction of sp³-hybridized carbons (Fsp3) is 0.0769. The maximum Gasteiger partial charge on any atom is 0.332 e. The average Bonchev–Trinajstić information content (AvgIpc) is 3.02. The molecule has 1 aromatic carbocycles. The second-order valence-corrected chi connectivity index (χ2v) is 4.62. The number of rotatable bonds is 3. The zero-order valence-electron chi connectivity index (χ0n) is 11.8. The molecule has 2 heterocycles. The number of aromatic nitrogens is 6. The molecular formula is C13H10N7O3-. The molecule has 10 nitrogen and oxygen atoms in total. The minimum absolute atomic E-state index is 0.0446. The second kappa shape index (κ2) is 5.67. The second-order valence-electron chi connectivity index (χ2n) is 4.62. The zero-order chi connectivity index (χ0) is 16.4. The van der Waals surface area contributed by atoms with Crippen LogP contribution in [0.2, 0.25) is 0 Å². The highest BCUT2D eigenvalue weighted by atomic mass is 16.3. The number of nitrogens with one attached hydrogen (secondary N) is 2. The van der Waals surface area contributed by atoms with E-state index in [1.54, 1.807) is 24.3 Å². The number of aromatic amines is 2. The van der Waals surface area contributed by atoms with Crippen LogP contribution < -0.4 is 16.4 Å². The zero-order valence-corrected chi connectivity index (χ0v) is 11.8. The van der Waals surface area contributed by atoms with E-state index >= 15 is 0 Å². The molecule has 2 aromatic heterocycles. The van der Waals surface area contributed by atoms with Gasteiger partial charge in [-0.2, -0.15) is 5.21 Å². The number of H-pyrrole nitrogens is 2. The van der Waals surface area contributed by atoms with Crippen molar-refractivity contribution in [2.24, 2.45) is 4.99 Å². The van der Waals surface area contributed by atoms with Crippen molar-refractivity contribution >= 4 is 12.2 Å². The molecule has 0 radical (unpaired) electrons. The summed E-state index contributed by atoms with van der Waals surface area (Å²) in [7, 11) is 0. The minimum Gasteiger partial charge on any atom is -0.859 e. The summed E-state index contributed by atoms with van der Waals surface area (Å²) < 4.78 is 0.860. The van der Waals surface area contributed by atoms with Crippen molar-refractivity contribution < 1.29 is 5.11 Å². The maximum atomic E-state index is 12.4. The molecule has 0 amide bonds. The van der Waals surface area contributed by atoms with Crippen molar-refractivity contribution in [3.05, 3.63) is 56.2 Å². The Labute approximate surface area is 128 Å². The number of hydrogen-bond acceptors (Lipinski definition) is 7. The van der Waals surface area contributed by atoms with Gasteiger partial charge in [0.15, 0.2) is 0 Å². The number of aliphatic imine (C=N–C) groups is 1. The molecule has 0 saturated carbocycles. The first-order valence-corrected chi connectivity index (χ1v) is 6.47. The van der Waals surface area contributed by atoms with Crippen LogP contribution in [0.3, 0.4) is 0 Å². The topological polar surface area (TPSA) is 145 Å². The van der Waals surface area contributed by atoms with Gasteiger partial charge in [-0.25, -0.2) is 9.79 Å². The lowest BCUT2D eigenvalue weighted by Crippen LogP contribution is -2.34. The summed E-state index contributed by atoms with van der Waals surface area (Å²) in [5, 5.41) is 25.1. The molecule has 0 saturated heterocycles. The van der Waals surface area contributed by atoms with E-state index in [9.17, 15) is 14.7 Å². The average molecular weight is 312 g/mol. The van der Waals surface area contributed by atoms with Gasteiger partial charge in [0.05, 0.1) is 5.56 Å². The van der Waals surface area contributed by atoms with Gasteiger partial charge in [0.1, 0.15) is 0 Å². The van der Waals surface area contributed by atoms with Gasteiger partial charge in [0.25, 0.3) is 11.5 Å². The van der Waals surface area contributed by atoms with Crippen LogP contribution in [0.4, 0.5) is 5.95 Å². The SMILES string of the molecule is Cc1ccc(-n2c([O-])c(/C=N/c3nn[nH]n3)c(=O)[nH]c2=O)cc1. The van der Waals surface area contributed by atoms with Gasteiger partial charge in [0, 0.05) is 11.9 Å². The first-order valence-electron chi connectivity index (χ1n) is 6.47. The predicted octanol–water partition coefficient (Wildman–Crippen LogP) is -0.828. The van der Waals surface area contributed by atoms with Crippen molar-refractivity contribution in [2.45, 2.75) is 6.92 Å². The molecule has 116 valence electrons. The van der Waals surface area contributed by atoms with E-state index in [-0.39, 0.29) is 11.5 Å². The molecule has 10 heteroatoms. The predicted molar refractivity (Wildman–Crippen MR) is 78.3 cm³/mol. The smallest absolute Gasteiger partial charge is 0.332 e. The van der Waals surface area contributed by atoms with E-state index in [4.69, 9.17) is 0 Å². The summed E-state index contributed by atoms with van der Waals surface area (Å²) in [5.41, 5.74) is -0.653. The van der Waals surface area contributed by atoms with Crippen molar-refractivity contribution in [2.75, 3.05) is 0 Å². The summed E-state index contributed by atoms with van der Waals surface area (Å²) >= 11 is 0. The first kappa shape index (κ1) is 14.4. The maximum absolute atomic E-state index is 12.4. The lowest BCUT2D eigenvalue weighted by molar-refractivity contribution is -0.278. The van der Waals surface area contributed by atoms with E-state index in [2.05, 4.69) is 30.6 Å². The highest BCUT2D eigenvalue weighted by Gasteiger charge is 2.08. The van der Waals surface area contributed by atoms with E-state index < -0.39 is 17.1 Å². The van der Waals surface area contributed by atoms with Gasteiger partial charge < -0.3 is 5.11 Å². The normalized spacial score (nSPS) is 11.2. The van der Waals surface area contributed by atoms with Gasteiger partial charge in [0.2, 0.25) is 0 Å². The molecule has 0 aliphatic rings. The van der Waals surface area contributed by atoms with Crippen molar-refractivity contribution in [1.82, 2.24) is 30.2 Å². The van der Waals surface area contributed by atoms with Gasteiger partial charge in [-0.1, -0.05) is 22.8 Å². The standard InChI is InChI=1S/C13H11N7O3/c1-7-2-4-8(5-3-7)20-11(22)9(10(21)15-13(20)23)6-14-12-16-18-19-17-12/h2-6,22H,1H3,(H,15,21,23)(H,16,17,18,19)/p-1/b14-6+. The Morgan fingerprint density at radius 2 is 2.00 bits per heavy atom. The molecule has 0 bridgehead atoms. The summed E-state index contributed by atoms with van der Waals surface area (Å²) in [6.07, 6.45) is 0.996. The van der Waals surface area contributed by atoms with Crippen molar-refractivity contribution in [3.8, 4) is 11.6 Å².